The number of rotatable bonds is 7. The molecule has 1 aromatic heterocycles. The van der Waals surface area contributed by atoms with Crippen LogP contribution in [0.2, 0.25) is 0 Å². The van der Waals surface area contributed by atoms with Crippen LogP contribution in [-0.4, -0.2) is 16.4 Å². The third kappa shape index (κ3) is 4.41. The van der Waals surface area contributed by atoms with E-state index in [9.17, 15) is 0 Å². The Morgan fingerprint density at radius 2 is 2.25 bits per heavy atom. The molecule has 1 heterocycles. The molecule has 0 unspecified atom stereocenters. The van der Waals surface area contributed by atoms with E-state index in [2.05, 4.69) is 53.1 Å². The Morgan fingerprint density at radius 1 is 1.50 bits per heavy atom. The number of aryl methyl sites for hydroxylation is 1. The zero-order valence-electron chi connectivity index (χ0n) is 10.4. The Kier molecular flexibility index (Phi) is 6.34. The molecular weight excluding hydrogens is 315 g/mol. The van der Waals surface area contributed by atoms with Crippen LogP contribution < -0.4 is 0 Å². The molecular formula is C12H21IN2O. The highest BCUT2D eigenvalue weighted by molar-refractivity contribution is 14.1. The predicted octanol–water partition coefficient (Wildman–Crippen LogP) is 3.46. The first-order valence-corrected chi connectivity index (χ1v) is 7.01. The molecule has 0 amide bonds. The van der Waals surface area contributed by atoms with E-state index in [1.165, 1.54) is 22.1 Å². The molecule has 0 atom stereocenters. The second kappa shape index (κ2) is 7.27. The molecule has 4 heteroatoms. The minimum atomic E-state index is 0.588. The molecule has 0 saturated heterocycles. The van der Waals surface area contributed by atoms with E-state index in [0.717, 1.165) is 13.2 Å². The summed E-state index contributed by atoms with van der Waals surface area (Å²) in [6, 6.07) is 0. The van der Waals surface area contributed by atoms with Crippen LogP contribution in [-0.2, 0) is 17.9 Å². The first kappa shape index (κ1) is 14.0. The number of ether oxygens (including phenoxy) is 1. The summed E-state index contributed by atoms with van der Waals surface area (Å²) in [5, 5.41) is 4.38. The fourth-order valence-electron chi connectivity index (χ4n) is 1.42. The molecule has 0 aliphatic carbocycles. The van der Waals surface area contributed by atoms with Crippen molar-refractivity contribution in [2.24, 2.45) is 5.92 Å². The second-order valence-corrected chi connectivity index (χ2v) is 5.59. The van der Waals surface area contributed by atoms with E-state index >= 15 is 0 Å². The summed E-state index contributed by atoms with van der Waals surface area (Å²) < 4.78 is 8.96. The van der Waals surface area contributed by atoms with E-state index in [1.807, 2.05) is 6.20 Å². The average molecular weight is 336 g/mol. The van der Waals surface area contributed by atoms with Gasteiger partial charge in [-0.25, -0.2) is 0 Å². The maximum atomic E-state index is 5.68. The summed E-state index contributed by atoms with van der Waals surface area (Å²) >= 11 is 2.33. The lowest BCUT2D eigenvalue weighted by Crippen LogP contribution is -2.09. The van der Waals surface area contributed by atoms with Crippen LogP contribution >= 0.6 is 22.6 Å². The van der Waals surface area contributed by atoms with E-state index < -0.39 is 0 Å². The molecule has 1 aromatic rings. The van der Waals surface area contributed by atoms with Crippen LogP contribution in [0.3, 0.4) is 0 Å². The summed E-state index contributed by atoms with van der Waals surface area (Å²) in [5.41, 5.74) is 1.22. The minimum absolute atomic E-state index is 0.588. The lowest BCUT2D eigenvalue weighted by atomic mass is 10.2. The van der Waals surface area contributed by atoms with Gasteiger partial charge in [-0.1, -0.05) is 27.2 Å². The van der Waals surface area contributed by atoms with E-state index in [-0.39, 0.29) is 0 Å². The van der Waals surface area contributed by atoms with Crippen molar-refractivity contribution in [1.82, 2.24) is 9.78 Å². The van der Waals surface area contributed by atoms with Gasteiger partial charge in [0, 0.05) is 13.2 Å². The van der Waals surface area contributed by atoms with Crippen LogP contribution in [0.25, 0.3) is 0 Å². The number of nitrogens with zero attached hydrogens (tertiary/aromatic N) is 2. The van der Waals surface area contributed by atoms with Gasteiger partial charge < -0.3 is 4.74 Å². The number of aromatic nitrogens is 2. The van der Waals surface area contributed by atoms with Crippen molar-refractivity contribution in [2.75, 3.05) is 6.61 Å². The first-order chi connectivity index (χ1) is 7.65. The molecule has 3 nitrogen and oxygen atoms in total. The van der Waals surface area contributed by atoms with Gasteiger partial charge in [-0.05, 0) is 34.9 Å². The molecule has 0 aliphatic heterocycles. The maximum Gasteiger partial charge on any atom is 0.0895 e. The molecule has 0 bridgehead atoms. The molecule has 16 heavy (non-hydrogen) atoms. The standard InChI is InChI=1S/C12H21IN2O/c1-4-5-6-15-12(11(13)7-14-15)9-16-8-10(2)3/h7,10H,4-6,8-9H2,1-3H3. The highest BCUT2D eigenvalue weighted by Crippen LogP contribution is 2.14. The molecule has 92 valence electrons. The Balaban J connectivity index is 2.52. The Bertz CT molecular complexity index is 310. The molecule has 0 fully saturated rings. The predicted molar refractivity (Wildman–Crippen MR) is 74.3 cm³/mol. The average Bonchev–Trinajstić information content (AvgIpc) is 2.57. The number of hydrogen-bond donors (Lipinski definition) is 0. The summed E-state index contributed by atoms with van der Waals surface area (Å²) in [5.74, 6) is 0.588. The van der Waals surface area contributed by atoms with Gasteiger partial charge in [0.1, 0.15) is 0 Å². The van der Waals surface area contributed by atoms with Crippen LogP contribution in [0.1, 0.15) is 39.3 Å². The van der Waals surface area contributed by atoms with Crippen LogP contribution in [0, 0.1) is 9.49 Å². The maximum absolute atomic E-state index is 5.68. The molecule has 1 rings (SSSR count). The van der Waals surface area contributed by atoms with Crippen molar-refractivity contribution in [2.45, 2.75) is 46.8 Å². The van der Waals surface area contributed by atoms with Crippen molar-refractivity contribution >= 4 is 22.6 Å². The largest absolute Gasteiger partial charge is 0.375 e. The minimum Gasteiger partial charge on any atom is -0.375 e. The lowest BCUT2D eigenvalue weighted by Gasteiger charge is -2.10. The molecule has 0 aliphatic rings. The van der Waals surface area contributed by atoms with Crippen molar-refractivity contribution in [3.8, 4) is 0 Å². The second-order valence-electron chi connectivity index (χ2n) is 4.42. The van der Waals surface area contributed by atoms with Gasteiger partial charge in [-0.3, -0.25) is 4.68 Å². The Hall–Kier alpha value is -0.100. The molecule has 0 saturated carbocycles. The van der Waals surface area contributed by atoms with Gasteiger partial charge in [-0.15, -0.1) is 0 Å². The fourth-order valence-corrected chi connectivity index (χ4v) is 1.98. The van der Waals surface area contributed by atoms with Crippen molar-refractivity contribution < 1.29 is 4.74 Å². The SMILES string of the molecule is CCCCn1ncc(I)c1COCC(C)C. The zero-order chi connectivity index (χ0) is 12.0. The van der Waals surface area contributed by atoms with Crippen molar-refractivity contribution in [3.05, 3.63) is 15.5 Å². The van der Waals surface area contributed by atoms with Crippen molar-refractivity contribution in [3.63, 3.8) is 0 Å². The molecule has 0 aromatic carbocycles. The van der Waals surface area contributed by atoms with Crippen LogP contribution in [0.5, 0.6) is 0 Å². The summed E-state index contributed by atoms with van der Waals surface area (Å²) in [6.45, 7) is 9.02. The number of hydrogen-bond acceptors (Lipinski definition) is 2. The van der Waals surface area contributed by atoms with Gasteiger partial charge >= 0.3 is 0 Å². The van der Waals surface area contributed by atoms with E-state index in [1.54, 1.807) is 0 Å². The normalized spacial score (nSPS) is 11.3. The molecule has 0 radical (unpaired) electrons. The van der Waals surface area contributed by atoms with Crippen LogP contribution in [0.15, 0.2) is 6.20 Å². The fraction of sp³-hybridized carbons (Fsp3) is 0.750. The molecule has 0 N–H and O–H groups in total. The molecule has 0 spiro atoms. The lowest BCUT2D eigenvalue weighted by molar-refractivity contribution is 0.0914. The topological polar surface area (TPSA) is 27.1 Å². The highest BCUT2D eigenvalue weighted by Gasteiger charge is 2.08. The Morgan fingerprint density at radius 3 is 2.88 bits per heavy atom. The number of unbranched alkanes of at least 4 members (excludes halogenated alkanes) is 1. The zero-order valence-corrected chi connectivity index (χ0v) is 12.5. The Labute approximate surface area is 112 Å². The van der Waals surface area contributed by atoms with Gasteiger partial charge in [0.05, 0.1) is 22.1 Å². The quantitative estimate of drug-likeness (QED) is 0.713. The smallest absolute Gasteiger partial charge is 0.0895 e. The summed E-state index contributed by atoms with van der Waals surface area (Å²) in [4.78, 5) is 0. The van der Waals surface area contributed by atoms with Gasteiger partial charge in [0.25, 0.3) is 0 Å². The van der Waals surface area contributed by atoms with Gasteiger partial charge in [0.2, 0.25) is 0 Å². The van der Waals surface area contributed by atoms with E-state index in [4.69, 9.17) is 4.74 Å². The first-order valence-electron chi connectivity index (χ1n) is 5.93. The monoisotopic (exact) mass is 336 g/mol. The van der Waals surface area contributed by atoms with Crippen molar-refractivity contribution in [1.29, 1.82) is 0 Å². The summed E-state index contributed by atoms with van der Waals surface area (Å²) in [7, 11) is 0. The third-order valence-corrected chi connectivity index (χ3v) is 3.21. The van der Waals surface area contributed by atoms with Gasteiger partial charge in [-0.2, -0.15) is 5.10 Å². The highest BCUT2D eigenvalue weighted by atomic mass is 127. The third-order valence-electron chi connectivity index (χ3n) is 2.31. The van der Waals surface area contributed by atoms with Crippen LogP contribution in [0.4, 0.5) is 0 Å². The van der Waals surface area contributed by atoms with Gasteiger partial charge in [0.15, 0.2) is 0 Å². The summed E-state index contributed by atoms with van der Waals surface area (Å²) in [6.07, 6.45) is 4.29. The number of halogens is 1. The van der Waals surface area contributed by atoms with E-state index in [0.29, 0.717) is 12.5 Å².